The van der Waals surface area contributed by atoms with Crippen LogP contribution in [0, 0.1) is 6.92 Å². The lowest BCUT2D eigenvalue weighted by Crippen LogP contribution is -2.39. The van der Waals surface area contributed by atoms with Crippen LogP contribution in [0.5, 0.6) is 5.75 Å². The third-order valence-electron chi connectivity index (χ3n) is 3.41. The predicted molar refractivity (Wildman–Crippen MR) is 80.7 cm³/mol. The zero-order chi connectivity index (χ0) is 15.5. The molecule has 4 heteroatoms. The molecule has 0 heterocycles. The van der Waals surface area contributed by atoms with Crippen LogP contribution < -0.4 is 10.5 Å². The van der Waals surface area contributed by atoms with Crippen LogP contribution in [0.4, 0.5) is 0 Å². The molecule has 0 saturated carbocycles. The number of primary amides is 1. The van der Waals surface area contributed by atoms with Gasteiger partial charge in [-0.2, -0.15) is 0 Å². The molecule has 0 spiro atoms. The first-order chi connectivity index (χ1) is 9.91. The van der Waals surface area contributed by atoms with E-state index in [-0.39, 0.29) is 6.61 Å². The predicted octanol–water partition coefficient (Wildman–Crippen LogP) is 2.27. The van der Waals surface area contributed by atoms with E-state index in [9.17, 15) is 9.90 Å². The molecule has 0 aliphatic heterocycles. The molecule has 110 valence electrons. The highest BCUT2D eigenvalue weighted by Gasteiger charge is 2.32. The maximum Gasteiger partial charge on any atom is 0.253 e. The molecule has 0 radical (unpaired) electrons. The van der Waals surface area contributed by atoms with E-state index in [0.29, 0.717) is 5.56 Å². The molecule has 2 aromatic rings. The molecule has 0 aliphatic rings. The number of carbonyl (C=O) groups excluding carboxylic acids is 1. The summed E-state index contributed by atoms with van der Waals surface area (Å²) in [6.45, 7) is 3.63. The smallest absolute Gasteiger partial charge is 0.253 e. The fourth-order valence-electron chi connectivity index (χ4n) is 2.12. The zero-order valence-corrected chi connectivity index (χ0v) is 12.2. The van der Waals surface area contributed by atoms with Crippen LogP contribution in [-0.4, -0.2) is 11.0 Å². The summed E-state index contributed by atoms with van der Waals surface area (Å²) in [5.41, 5.74) is 5.84. The monoisotopic (exact) mass is 285 g/mol. The lowest BCUT2D eigenvalue weighted by Gasteiger charge is -2.23. The van der Waals surface area contributed by atoms with Gasteiger partial charge in [-0.1, -0.05) is 36.4 Å². The Morgan fingerprint density at radius 2 is 1.95 bits per heavy atom. The van der Waals surface area contributed by atoms with E-state index >= 15 is 0 Å². The first-order valence-electron chi connectivity index (χ1n) is 6.71. The van der Waals surface area contributed by atoms with Crippen molar-refractivity contribution in [3.63, 3.8) is 0 Å². The Morgan fingerprint density at radius 3 is 2.62 bits per heavy atom. The van der Waals surface area contributed by atoms with Crippen LogP contribution in [0.25, 0.3) is 0 Å². The Hall–Kier alpha value is -2.33. The molecule has 1 atom stereocenters. The molecule has 0 aliphatic carbocycles. The number of aryl methyl sites for hydroxylation is 1. The van der Waals surface area contributed by atoms with E-state index in [1.54, 1.807) is 12.1 Å². The molecule has 3 N–H and O–H groups in total. The van der Waals surface area contributed by atoms with E-state index in [2.05, 4.69) is 0 Å². The second kappa shape index (κ2) is 5.97. The van der Waals surface area contributed by atoms with E-state index in [1.807, 2.05) is 43.3 Å². The van der Waals surface area contributed by atoms with Gasteiger partial charge >= 0.3 is 0 Å². The Bertz CT molecular complexity index is 650. The molecule has 2 aromatic carbocycles. The van der Waals surface area contributed by atoms with Gasteiger partial charge in [-0.3, -0.25) is 4.79 Å². The molecule has 0 saturated heterocycles. The highest BCUT2D eigenvalue weighted by Crippen LogP contribution is 2.25. The van der Waals surface area contributed by atoms with Gasteiger partial charge < -0.3 is 15.6 Å². The van der Waals surface area contributed by atoms with Gasteiger partial charge in [-0.25, -0.2) is 0 Å². The highest BCUT2D eigenvalue weighted by atomic mass is 16.5. The number of nitrogens with two attached hydrogens (primary N) is 1. The Kier molecular flexibility index (Phi) is 4.29. The third-order valence-corrected chi connectivity index (χ3v) is 3.41. The Labute approximate surface area is 124 Å². The van der Waals surface area contributed by atoms with Gasteiger partial charge in [0.1, 0.15) is 12.4 Å². The number of ether oxygens (including phenoxy) is 1. The molecule has 4 nitrogen and oxygen atoms in total. The van der Waals surface area contributed by atoms with Crippen LogP contribution in [0.2, 0.25) is 0 Å². The summed E-state index contributed by atoms with van der Waals surface area (Å²) in [4.78, 5) is 11.4. The van der Waals surface area contributed by atoms with Crippen molar-refractivity contribution in [2.24, 2.45) is 5.73 Å². The van der Waals surface area contributed by atoms with Crippen LogP contribution in [-0.2, 0) is 17.0 Å². The van der Waals surface area contributed by atoms with Gasteiger partial charge in [-0.05, 0) is 42.7 Å². The van der Waals surface area contributed by atoms with Gasteiger partial charge in [-0.15, -0.1) is 0 Å². The zero-order valence-electron chi connectivity index (χ0n) is 12.2. The number of hydrogen-bond acceptors (Lipinski definition) is 3. The summed E-state index contributed by atoms with van der Waals surface area (Å²) in [5.74, 6) is -0.0472. The van der Waals surface area contributed by atoms with Crippen molar-refractivity contribution in [3.8, 4) is 5.75 Å². The van der Waals surface area contributed by atoms with Crippen molar-refractivity contribution < 1.29 is 14.6 Å². The summed E-state index contributed by atoms with van der Waals surface area (Å²) in [5, 5.41) is 10.3. The van der Waals surface area contributed by atoms with Crippen LogP contribution in [0.1, 0.15) is 23.6 Å². The number of hydrogen-bond donors (Lipinski definition) is 2. The number of benzene rings is 2. The molecule has 0 bridgehead atoms. The molecule has 2 rings (SSSR count). The Morgan fingerprint density at radius 1 is 1.24 bits per heavy atom. The lowest BCUT2D eigenvalue weighted by atomic mass is 9.91. The normalized spacial score (nSPS) is 13.5. The lowest BCUT2D eigenvalue weighted by molar-refractivity contribution is -0.135. The van der Waals surface area contributed by atoms with Crippen molar-refractivity contribution >= 4 is 5.91 Å². The van der Waals surface area contributed by atoms with Crippen molar-refractivity contribution in [2.75, 3.05) is 0 Å². The second-order valence-corrected chi connectivity index (χ2v) is 5.20. The van der Waals surface area contributed by atoms with Crippen molar-refractivity contribution in [2.45, 2.75) is 26.1 Å². The minimum absolute atomic E-state index is 0.253. The number of amides is 1. The maximum atomic E-state index is 11.4. The quantitative estimate of drug-likeness (QED) is 0.885. The van der Waals surface area contributed by atoms with Crippen LogP contribution in [0.3, 0.4) is 0 Å². The first kappa shape index (κ1) is 15.1. The van der Waals surface area contributed by atoms with Crippen molar-refractivity contribution in [3.05, 3.63) is 65.2 Å². The SMILES string of the molecule is Cc1cccc(OCc2ccccc2C(C)(O)C(N)=O)c1. The number of rotatable bonds is 5. The molecule has 21 heavy (non-hydrogen) atoms. The van der Waals surface area contributed by atoms with Gasteiger partial charge in [0.25, 0.3) is 5.91 Å². The van der Waals surface area contributed by atoms with Crippen LogP contribution >= 0.6 is 0 Å². The minimum Gasteiger partial charge on any atom is -0.489 e. The topological polar surface area (TPSA) is 72.6 Å². The highest BCUT2D eigenvalue weighted by molar-refractivity contribution is 5.84. The average Bonchev–Trinajstić information content (AvgIpc) is 2.45. The van der Waals surface area contributed by atoms with Gasteiger partial charge in [0.05, 0.1) is 0 Å². The van der Waals surface area contributed by atoms with E-state index < -0.39 is 11.5 Å². The molecule has 1 amide bonds. The summed E-state index contributed by atoms with van der Waals surface area (Å²) >= 11 is 0. The summed E-state index contributed by atoms with van der Waals surface area (Å²) in [6, 6.07) is 14.8. The van der Waals surface area contributed by atoms with Gasteiger partial charge in [0.2, 0.25) is 0 Å². The maximum absolute atomic E-state index is 11.4. The molecule has 0 aromatic heterocycles. The summed E-state index contributed by atoms with van der Waals surface area (Å²) < 4.78 is 5.73. The first-order valence-corrected chi connectivity index (χ1v) is 6.71. The second-order valence-electron chi connectivity index (χ2n) is 5.20. The summed E-state index contributed by atoms with van der Waals surface area (Å²) in [7, 11) is 0. The standard InChI is InChI=1S/C17H19NO3/c1-12-6-5-8-14(10-12)21-11-13-7-3-4-9-15(13)17(2,20)16(18)19/h3-10,20H,11H2,1-2H3,(H2,18,19). The fourth-order valence-corrected chi connectivity index (χ4v) is 2.12. The molecule has 1 unspecified atom stereocenters. The fraction of sp³-hybridized carbons (Fsp3) is 0.235. The van der Waals surface area contributed by atoms with E-state index in [0.717, 1.165) is 16.9 Å². The molecular formula is C17H19NO3. The van der Waals surface area contributed by atoms with E-state index in [1.165, 1.54) is 6.92 Å². The molecule has 0 fully saturated rings. The number of carbonyl (C=O) groups is 1. The Balaban J connectivity index is 2.23. The largest absolute Gasteiger partial charge is 0.489 e. The van der Waals surface area contributed by atoms with Crippen LogP contribution in [0.15, 0.2) is 48.5 Å². The minimum atomic E-state index is -1.72. The van der Waals surface area contributed by atoms with Gasteiger partial charge in [0.15, 0.2) is 5.60 Å². The van der Waals surface area contributed by atoms with Crippen molar-refractivity contribution in [1.29, 1.82) is 0 Å². The molecular weight excluding hydrogens is 266 g/mol. The summed E-state index contributed by atoms with van der Waals surface area (Å²) in [6.07, 6.45) is 0. The van der Waals surface area contributed by atoms with Crippen molar-refractivity contribution in [1.82, 2.24) is 0 Å². The number of aliphatic hydroxyl groups is 1. The third kappa shape index (κ3) is 3.41. The average molecular weight is 285 g/mol. The van der Waals surface area contributed by atoms with E-state index in [4.69, 9.17) is 10.5 Å². The van der Waals surface area contributed by atoms with Gasteiger partial charge in [0, 0.05) is 0 Å².